The molecule has 1 aliphatic heterocycles. The summed E-state index contributed by atoms with van der Waals surface area (Å²) >= 11 is 0. The third-order valence-electron chi connectivity index (χ3n) is 3.03. The van der Waals surface area contributed by atoms with E-state index in [0.717, 1.165) is 18.5 Å². The molecule has 0 spiro atoms. The summed E-state index contributed by atoms with van der Waals surface area (Å²) < 4.78 is 18.9. The van der Waals surface area contributed by atoms with Gasteiger partial charge in [-0.3, -0.25) is 0 Å². The van der Waals surface area contributed by atoms with Crippen LogP contribution < -0.4 is 10.6 Å². The number of alkyl halides is 1. The molecule has 1 atom stereocenters. The van der Waals surface area contributed by atoms with Gasteiger partial charge in [0.1, 0.15) is 11.7 Å². The van der Waals surface area contributed by atoms with Crippen LogP contribution in [0.1, 0.15) is 12.8 Å². The first kappa shape index (κ1) is 10.4. The highest BCUT2D eigenvalue weighted by Crippen LogP contribution is 2.26. The van der Waals surface area contributed by atoms with Crippen LogP contribution in [0.5, 0.6) is 0 Å². The first-order chi connectivity index (χ1) is 8.22. The number of hydrogen-bond acceptors (Lipinski definition) is 4. The van der Waals surface area contributed by atoms with Crippen molar-refractivity contribution in [3.05, 3.63) is 18.2 Å². The van der Waals surface area contributed by atoms with E-state index in [-0.39, 0.29) is 0 Å². The molecule has 1 aromatic carbocycles. The van der Waals surface area contributed by atoms with Crippen molar-refractivity contribution < 1.29 is 8.81 Å². The van der Waals surface area contributed by atoms with Crippen molar-refractivity contribution >= 4 is 22.8 Å². The average Bonchev–Trinajstić information content (AvgIpc) is 2.72. The van der Waals surface area contributed by atoms with Crippen molar-refractivity contribution in [1.29, 1.82) is 0 Å². The SMILES string of the molecule is Nc1ccc2oc(N3CCC[C@@H](F)C3)nc2c1. The van der Waals surface area contributed by atoms with Gasteiger partial charge in [-0.25, -0.2) is 4.39 Å². The maximum atomic E-state index is 13.3. The van der Waals surface area contributed by atoms with Crippen LogP contribution in [0.15, 0.2) is 22.6 Å². The van der Waals surface area contributed by atoms with Gasteiger partial charge in [0, 0.05) is 12.2 Å². The molecule has 1 fully saturated rings. The van der Waals surface area contributed by atoms with E-state index < -0.39 is 6.17 Å². The number of anilines is 2. The Bertz CT molecular complexity index is 540. The molecule has 2 heterocycles. The Morgan fingerprint density at radius 2 is 2.35 bits per heavy atom. The molecule has 0 amide bonds. The van der Waals surface area contributed by atoms with Crippen molar-refractivity contribution in [2.45, 2.75) is 19.0 Å². The summed E-state index contributed by atoms with van der Waals surface area (Å²) in [5.74, 6) is 0. The molecule has 3 rings (SSSR count). The summed E-state index contributed by atoms with van der Waals surface area (Å²) in [6, 6.07) is 5.82. The third kappa shape index (κ3) is 1.92. The quantitative estimate of drug-likeness (QED) is 0.771. The lowest BCUT2D eigenvalue weighted by atomic mass is 10.1. The van der Waals surface area contributed by atoms with Crippen LogP contribution in [-0.2, 0) is 0 Å². The molecule has 2 aromatic rings. The van der Waals surface area contributed by atoms with Gasteiger partial charge >= 0.3 is 0 Å². The van der Waals surface area contributed by atoms with E-state index in [1.807, 2.05) is 4.90 Å². The lowest BCUT2D eigenvalue weighted by Gasteiger charge is -2.27. The molecule has 0 aliphatic carbocycles. The fourth-order valence-electron chi connectivity index (χ4n) is 2.17. The second-order valence-electron chi connectivity index (χ2n) is 4.41. The molecule has 90 valence electrons. The van der Waals surface area contributed by atoms with Crippen LogP contribution in [0, 0.1) is 0 Å². The van der Waals surface area contributed by atoms with Gasteiger partial charge in [0.2, 0.25) is 0 Å². The number of nitrogens with zero attached hydrogens (tertiary/aromatic N) is 2. The second-order valence-corrected chi connectivity index (χ2v) is 4.41. The zero-order valence-electron chi connectivity index (χ0n) is 9.40. The van der Waals surface area contributed by atoms with Gasteiger partial charge in [-0.2, -0.15) is 4.98 Å². The summed E-state index contributed by atoms with van der Waals surface area (Å²) in [4.78, 5) is 6.20. The molecule has 2 N–H and O–H groups in total. The number of fused-ring (bicyclic) bond motifs is 1. The van der Waals surface area contributed by atoms with Gasteiger partial charge in [0.25, 0.3) is 6.01 Å². The van der Waals surface area contributed by atoms with Crippen molar-refractivity contribution in [2.24, 2.45) is 0 Å². The van der Waals surface area contributed by atoms with Crippen LogP contribution in [-0.4, -0.2) is 24.2 Å². The molecule has 4 nitrogen and oxygen atoms in total. The zero-order chi connectivity index (χ0) is 11.8. The van der Waals surface area contributed by atoms with Gasteiger partial charge in [0.15, 0.2) is 5.58 Å². The predicted octanol–water partition coefficient (Wildman–Crippen LogP) is 2.35. The minimum atomic E-state index is -0.788. The minimum absolute atomic E-state index is 0.363. The smallest absolute Gasteiger partial charge is 0.298 e. The number of nitrogens with two attached hydrogens (primary N) is 1. The molecule has 0 unspecified atom stereocenters. The monoisotopic (exact) mass is 235 g/mol. The molecule has 0 bridgehead atoms. The Morgan fingerprint density at radius 1 is 1.47 bits per heavy atom. The maximum absolute atomic E-state index is 13.3. The van der Waals surface area contributed by atoms with Gasteiger partial charge in [-0.05, 0) is 31.0 Å². The molecular formula is C12H14FN3O. The Morgan fingerprint density at radius 3 is 3.18 bits per heavy atom. The van der Waals surface area contributed by atoms with Gasteiger partial charge < -0.3 is 15.1 Å². The number of oxazole rings is 1. The number of nitrogen functional groups attached to an aromatic ring is 1. The summed E-state index contributed by atoms with van der Waals surface area (Å²) in [5, 5.41) is 0. The number of aromatic nitrogens is 1. The van der Waals surface area contributed by atoms with E-state index in [2.05, 4.69) is 4.98 Å². The van der Waals surface area contributed by atoms with E-state index >= 15 is 0 Å². The molecule has 0 radical (unpaired) electrons. The largest absolute Gasteiger partial charge is 0.423 e. The number of hydrogen-bond donors (Lipinski definition) is 1. The van der Waals surface area contributed by atoms with E-state index in [1.54, 1.807) is 18.2 Å². The highest BCUT2D eigenvalue weighted by Gasteiger charge is 2.22. The van der Waals surface area contributed by atoms with E-state index in [9.17, 15) is 4.39 Å². The maximum Gasteiger partial charge on any atom is 0.298 e. The molecule has 1 saturated heterocycles. The van der Waals surface area contributed by atoms with Crippen LogP contribution in [0.25, 0.3) is 11.1 Å². The number of rotatable bonds is 1. The second kappa shape index (κ2) is 3.91. The average molecular weight is 235 g/mol. The van der Waals surface area contributed by atoms with Crippen molar-refractivity contribution in [3.8, 4) is 0 Å². The minimum Gasteiger partial charge on any atom is -0.423 e. The van der Waals surface area contributed by atoms with E-state index in [4.69, 9.17) is 10.2 Å². The first-order valence-electron chi connectivity index (χ1n) is 5.77. The number of piperidine rings is 1. The fourth-order valence-corrected chi connectivity index (χ4v) is 2.17. The van der Waals surface area contributed by atoms with Crippen molar-refractivity contribution in [3.63, 3.8) is 0 Å². The predicted molar refractivity (Wildman–Crippen MR) is 64.8 cm³/mol. The van der Waals surface area contributed by atoms with Crippen LogP contribution in [0.4, 0.5) is 16.1 Å². The standard InChI is InChI=1S/C12H14FN3O/c13-8-2-1-5-16(7-8)12-15-10-6-9(14)3-4-11(10)17-12/h3-4,6,8H,1-2,5,7,14H2/t8-/m1/s1. The van der Waals surface area contributed by atoms with Crippen molar-refractivity contribution in [1.82, 2.24) is 4.98 Å². The zero-order valence-corrected chi connectivity index (χ0v) is 9.40. The number of halogens is 1. The van der Waals surface area contributed by atoms with Gasteiger partial charge in [0.05, 0.1) is 6.54 Å². The molecular weight excluding hydrogens is 221 g/mol. The first-order valence-corrected chi connectivity index (χ1v) is 5.77. The molecule has 0 saturated carbocycles. The lowest BCUT2D eigenvalue weighted by molar-refractivity contribution is 0.281. The van der Waals surface area contributed by atoms with Crippen LogP contribution in [0.3, 0.4) is 0 Å². The summed E-state index contributed by atoms with van der Waals surface area (Å²) in [5.41, 5.74) is 7.74. The molecule has 1 aliphatic rings. The highest BCUT2D eigenvalue weighted by atomic mass is 19.1. The Hall–Kier alpha value is -1.78. The molecule has 17 heavy (non-hydrogen) atoms. The highest BCUT2D eigenvalue weighted by molar-refractivity contribution is 5.78. The molecule has 5 heteroatoms. The molecule has 1 aromatic heterocycles. The summed E-state index contributed by atoms with van der Waals surface area (Å²) in [6.07, 6.45) is 0.676. The van der Waals surface area contributed by atoms with Crippen molar-refractivity contribution in [2.75, 3.05) is 23.7 Å². The van der Waals surface area contributed by atoms with Gasteiger partial charge in [-0.1, -0.05) is 0 Å². The Labute approximate surface area is 98.2 Å². The van der Waals surface area contributed by atoms with Crippen LogP contribution in [0.2, 0.25) is 0 Å². The third-order valence-corrected chi connectivity index (χ3v) is 3.03. The van der Waals surface area contributed by atoms with Crippen LogP contribution >= 0.6 is 0 Å². The Balaban J connectivity index is 1.94. The fraction of sp³-hybridized carbons (Fsp3) is 0.417. The summed E-state index contributed by atoms with van der Waals surface area (Å²) in [6.45, 7) is 1.16. The summed E-state index contributed by atoms with van der Waals surface area (Å²) in [7, 11) is 0. The number of benzene rings is 1. The van der Waals surface area contributed by atoms with Gasteiger partial charge in [-0.15, -0.1) is 0 Å². The lowest BCUT2D eigenvalue weighted by Crippen LogP contribution is -2.36. The van der Waals surface area contributed by atoms with E-state index in [1.165, 1.54) is 0 Å². The topological polar surface area (TPSA) is 55.3 Å². The van der Waals surface area contributed by atoms with E-state index in [0.29, 0.717) is 30.3 Å². The Kier molecular flexibility index (Phi) is 2.39. The normalized spacial score (nSPS) is 21.0.